The third-order valence-corrected chi connectivity index (χ3v) is 4.49. The molecule has 0 aliphatic carbocycles. The number of rotatable bonds is 3. The lowest BCUT2D eigenvalue weighted by molar-refractivity contribution is 0.395. The van der Waals surface area contributed by atoms with E-state index in [-0.39, 0.29) is 0 Å². The maximum absolute atomic E-state index is 6.27. The second-order valence-electron chi connectivity index (χ2n) is 4.91. The zero-order chi connectivity index (χ0) is 15.7. The standard InChI is InChI=1S/C17H12BrCl2NO/c1-22-17-12(6-10-2-4-14(19)9-15(10)20)7-11-8-13(18)3-5-16(11)21-17/h2-5,7-9H,6H2,1H3. The predicted molar refractivity (Wildman–Crippen MR) is 95.3 cm³/mol. The monoisotopic (exact) mass is 395 g/mol. The first kappa shape index (κ1) is 15.6. The molecule has 0 amide bonds. The molecule has 0 radical (unpaired) electrons. The first-order valence-corrected chi connectivity index (χ1v) is 8.19. The van der Waals surface area contributed by atoms with Gasteiger partial charge in [-0.3, -0.25) is 0 Å². The molecule has 0 saturated heterocycles. The summed E-state index contributed by atoms with van der Waals surface area (Å²) in [5.74, 6) is 0.612. The van der Waals surface area contributed by atoms with E-state index in [1.165, 1.54) is 0 Å². The number of nitrogens with zero attached hydrogens (tertiary/aromatic N) is 1. The van der Waals surface area contributed by atoms with Gasteiger partial charge in [-0.2, -0.15) is 0 Å². The number of fused-ring (bicyclic) bond motifs is 1. The molecule has 2 aromatic carbocycles. The number of hydrogen-bond donors (Lipinski definition) is 0. The Labute approximate surface area is 147 Å². The van der Waals surface area contributed by atoms with Gasteiger partial charge >= 0.3 is 0 Å². The summed E-state index contributed by atoms with van der Waals surface area (Å²) < 4.78 is 6.44. The van der Waals surface area contributed by atoms with Crippen molar-refractivity contribution in [3.63, 3.8) is 0 Å². The highest BCUT2D eigenvalue weighted by Gasteiger charge is 2.11. The highest BCUT2D eigenvalue weighted by molar-refractivity contribution is 9.10. The van der Waals surface area contributed by atoms with Gasteiger partial charge in [0, 0.05) is 31.9 Å². The molecule has 0 aliphatic rings. The normalized spacial score (nSPS) is 10.9. The molecular weight excluding hydrogens is 385 g/mol. The molecule has 1 heterocycles. The van der Waals surface area contributed by atoms with Crippen molar-refractivity contribution in [2.45, 2.75) is 6.42 Å². The van der Waals surface area contributed by atoms with Crippen LogP contribution in [0.1, 0.15) is 11.1 Å². The van der Waals surface area contributed by atoms with Crippen LogP contribution in [0.4, 0.5) is 0 Å². The van der Waals surface area contributed by atoms with Gasteiger partial charge in [-0.15, -0.1) is 0 Å². The number of hydrogen-bond acceptors (Lipinski definition) is 2. The summed E-state index contributed by atoms with van der Waals surface area (Å²) in [7, 11) is 1.62. The topological polar surface area (TPSA) is 22.1 Å². The molecule has 22 heavy (non-hydrogen) atoms. The van der Waals surface area contributed by atoms with E-state index < -0.39 is 0 Å². The summed E-state index contributed by atoms with van der Waals surface area (Å²) in [6, 6.07) is 13.5. The average molecular weight is 397 g/mol. The van der Waals surface area contributed by atoms with E-state index in [4.69, 9.17) is 27.9 Å². The molecule has 0 aliphatic heterocycles. The molecular formula is C17H12BrCl2NO. The molecule has 112 valence electrons. The lowest BCUT2D eigenvalue weighted by Crippen LogP contribution is -1.98. The molecule has 0 N–H and O–H groups in total. The third-order valence-electron chi connectivity index (χ3n) is 3.41. The smallest absolute Gasteiger partial charge is 0.217 e. The largest absolute Gasteiger partial charge is 0.481 e. The summed E-state index contributed by atoms with van der Waals surface area (Å²) in [4.78, 5) is 4.57. The van der Waals surface area contributed by atoms with Crippen LogP contribution >= 0.6 is 39.1 Å². The summed E-state index contributed by atoms with van der Waals surface area (Å²) >= 11 is 15.7. The maximum Gasteiger partial charge on any atom is 0.217 e. The first-order valence-electron chi connectivity index (χ1n) is 6.64. The third kappa shape index (κ3) is 3.22. The van der Waals surface area contributed by atoms with Gasteiger partial charge in [-0.05, 0) is 42.0 Å². The number of ether oxygens (including phenoxy) is 1. The molecule has 0 atom stereocenters. The molecule has 3 rings (SSSR count). The minimum absolute atomic E-state index is 0.612. The van der Waals surface area contributed by atoms with E-state index in [9.17, 15) is 0 Å². The zero-order valence-electron chi connectivity index (χ0n) is 11.7. The minimum atomic E-state index is 0.612. The van der Waals surface area contributed by atoms with Crippen LogP contribution in [0.2, 0.25) is 10.0 Å². The van der Waals surface area contributed by atoms with E-state index in [0.29, 0.717) is 22.3 Å². The van der Waals surface area contributed by atoms with Crippen LogP contribution in [0, 0.1) is 0 Å². The van der Waals surface area contributed by atoms with Crippen molar-refractivity contribution in [1.29, 1.82) is 0 Å². The van der Waals surface area contributed by atoms with E-state index in [1.807, 2.05) is 30.3 Å². The van der Waals surface area contributed by atoms with Gasteiger partial charge in [0.2, 0.25) is 5.88 Å². The molecule has 0 saturated carbocycles. The van der Waals surface area contributed by atoms with Crippen LogP contribution in [0.15, 0.2) is 46.9 Å². The van der Waals surface area contributed by atoms with Gasteiger partial charge in [0.15, 0.2) is 0 Å². The van der Waals surface area contributed by atoms with Crippen molar-refractivity contribution in [2.75, 3.05) is 7.11 Å². The summed E-state index contributed by atoms with van der Waals surface area (Å²) in [5.41, 5.74) is 2.86. The van der Waals surface area contributed by atoms with E-state index in [0.717, 1.165) is 26.5 Å². The van der Waals surface area contributed by atoms with Crippen LogP contribution < -0.4 is 4.74 Å². The molecule has 0 bridgehead atoms. The minimum Gasteiger partial charge on any atom is -0.481 e. The van der Waals surface area contributed by atoms with Crippen LogP contribution in [-0.4, -0.2) is 12.1 Å². The molecule has 0 unspecified atom stereocenters. The predicted octanol–water partition coefficient (Wildman–Crippen LogP) is 5.90. The molecule has 0 fully saturated rings. The lowest BCUT2D eigenvalue weighted by atomic mass is 10.0. The number of methoxy groups -OCH3 is 1. The van der Waals surface area contributed by atoms with Gasteiger partial charge in [-0.25, -0.2) is 4.98 Å². The number of benzene rings is 2. The Bertz CT molecular complexity index is 851. The quantitative estimate of drug-likeness (QED) is 0.549. The summed E-state index contributed by atoms with van der Waals surface area (Å²) in [6.07, 6.45) is 0.634. The van der Waals surface area contributed by atoms with Crippen molar-refractivity contribution in [2.24, 2.45) is 0 Å². The number of pyridine rings is 1. The van der Waals surface area contributed by atoms with Crippen LogP contribution in [0.3, 0.4) is 0 Å². The van der Waals surface area contributed by atoms with Crippen LogP contribution in [0.25, 0.3) is 10.9 Å². The highest BCUT2D eigenvalue weighted by Crippen LogP contribution is 2.29. The van der Waals surface area contributed by atoms with Crippen LogP contribution in [0.5, 0.6) is 5.88 Å². The first-order chi connectivity index (χ1) is 10.6. The Morgan fingerprint density at radius 2 is 1.86 bits per heavy atom. The van der Waals surface area contributed by atoms with Gasteiger partial charge in [-0.1, -0.05) is 45.2 Å². The Hall–Kier alpha value is -1.29. The van der Waals surface area contributed by atoms with Gasteiger partial charge in [0.05, 0.1) is 12.6 Å². The Balaban J connectivity index is 2.08. The Morgan fingerprint density at radius 1 is 1.05 bits per heavy atom. The molecule has 3 aromatic rings. The average Bonchev–Trinajstić information content (AvgIpc) is 2.49. The number of aromatic nitrogens is 1. The van der Waals surface area contributed by atoms with Crippen molar-refractivity contribution in [3.8, 4) is 5.88 Å². The summed E-state index contributed by atoms with van der Waals surface area (Å²) in [5, 5.41) is 2.32. The fraction of sp³-hybridized carbons (Fsp3) is 0.118. The highest BCUT2D eigenvalue weighted by atomic mass is 79.9. The lowest BCUT2D eigenvalue weighted by Gasteiger charge is -2.11. The molecule has 0 spiro atoms. The molecule has 2 nitrogen and oxygen atoms in total. The molecule has 5 heteroatoms. The number of halogens is 3. The van der Waals surface area contributed by atoms with Gasteiger partial charge < -0.3 is 4.74 Å². The van der Waals surface area contributed by atoms with Crippen molar-refractivity contribution < 1.29 is 4.74 Å². The van der Waals surface area contributed by atoms with E-state index in [1.54, 1.807) is 13.2 Å². The SMILES string of the molecule is COc1nc2ccc(Br)cc2cc1Cc1ccc(Cl)cc1Cl. The van der Waals surface area contributed by atoms with Gasteiger partial charge in [0.1, 0.15) is 0 Å². The summed E-state index contributed by atoms with van der Waals surface area (Å²) in [6.45, 7) is 0. The second kappa shape index (κ2) is 6.45. The maximum atomic E-state index is 6.27. The Kier molecular flexibility index (Phi) is 4.57. The van der Waals surface area contributed by atoms with Crippen LogP contribution in [-0.2, 0) is 6.42 Å². The fourth-order valence-corrected chi connectivity index (χ4v) is 3.20. The fourth-order valence-electron chi connectivity index (χ4n) is 2.35. The van der Waals surface area contributed by atoms with Crippen molar-refractivity contribution >= 4 is 50.0 Å². The second-order valence-corrected chi connectivity index (χ2v) is 6.67. The Morgan fingerprint density at radius 3 is 2.59 bits per heavy atom. The van der Waals surface area contributed by atoms with Gasteiger partial charge in [0.25, 0.3) is 0 Å². The zero-order valence-corrected chi connectivity index (χ0v) is 14.8. The molecule has 1 aromatic heterocycles. The van der Waals surface area contributed by atoms with E-state index in [2.05, 4.69) is 27.0 Å². The van der Waals surface area contributed by atoms with Crippen molar-refractivity contribution in [3.05, 3.63) is 68.1 Å². The van der Waals surface area contributed by atoms with E-state index >= 15 is 0 Å². The van der Waals surface area contributed by atoms with Crippen molar-refractivity contribution in [1.82, 2.24) is 4.98 Å².